The van der Waals surface area contributed by atoms with Crippen LogP contribution < -0.4 is 16.0 Å². The van der Waals surface area contributed by atoms with Gasteiger partial charge in [-0.05, 0) is 19.4 Å². The molecule has 0 radical (unpaired) electrons. The lowest BCUT2D eigenvalue weighted by atomic mass is 10.2. The lowest BCUT2D eigenvalue weighted by molar-refractivity contribution is -0.121. The highest BCUT2D eigenvalue weighted by Crippen LogP contribution is 1.96. The average Bonchev–Trinajstić information content (AvgIpc) is 2.36. The molecule has 0 bridgehead atoms. The van der Waals surface area contributed by atoms with Gasteiger partial charge in [-0.15, -0.1) is 0 Å². The molecule has 0 unspecified atom stereocenters. The Morgan fingerprint density at radius 3 is 2.42 bits per heavy atom. The second-order valence-electron chi connectivity index (χ2n) is 4.57. The Labute approximate surface area is 113 Å². The zero-order valence-electron chi connectivity index (χ0n) is 11.4. The highest BCUT2D eigenvalue weighted by atomic mass is 16.2. The van der Waals surface area contributed by atoms with Crippen LogP contribution in [0.5, 0.6) is 0 Å². The molecule has 1 aromatic carbocycles. The Balaban J connectivity index is 2.13. The molecule has 0 saturated heterocycles. The molecule has 0 heterocycles. The topological polar surface area (TPSA) is 70.2 Å². The second kappa shape index (κ2) is 8.13. The predicted molar refractivity (Wildman–Crippen MR) is 74.6 cm³/mol. The predicted octanol–water partition coefficient (Wildman–Crippen LogP) is 1.40. The first-order valence-corrected chi connectivity index (χ1v) is 6.43. The van der Waals surface area contributed by atoms with Crippen LogP contribution in [0.4, 0.5) is 4.79 Å². The smallest absolute Gasteiger partial charge is 0.315 e. The average molecular weight is 263 g/mol. The van der Waals surface area contributed by atoms with Crippen LogP contribution in [0, 0.1) is 0 Å². The maximum absolute atomic E-state index is 11.5. The van der Waals surface area contributed by atoms with E-state index in [2.05, 4.69) is 16.0 Å². The van der Waals surface area contributed by atoms with Crippen molar-refractivity contribution in [2.75, 3.05) is 6.54 Å². The first kappa shape index (κ1) is 15.0. The fraction of sp³-hybridized carbons (Fsp3) is 0.429. The van der Waals surface area contributed by atoms with Crippen molar-refractivity contribution in [2.45, 2.75) is 32.9 Å². The largest absolute Gasteiger partial charge is 0.354 e. The standard InChI is InChI=1S/C14H21N3O2/c1-11(2)17-13(18)8-9-15-14(19)16-10-12-6-4-3-5-7-12/h3-7,11H,8-10H2,1-2H3,(H,17,18)(H2,15,16,19). The van der Waals surface area contributed by atoms with Crippen molar-refractivity contribution in [3.05, 3.63) is 35.9 Å². The quantitative estimate of drug-likeness (QED) is 0.726. The summed E-state index contributed by atoms with van der Waals surface area (Å²) in [6, 6.07) is 9.51. The maximum atomic E-state index is 11.5. The molecule has 0 saturated carbocycles. The SMILES string of the molecule is CC(C)NC(=O)CCNC(=O)NCc1ccccc1. The Kier molecular flexibility index (Phi) is 6.43. The van der Waals surface area contributed by atoms with E-state index in [1.165, 1.54) is 0 Å². The summed E-state index contributed by atoms with van der Waals surface area (Å²) in [7, 11) is 0. The Hall–Kier alpha value is -2.04. The van der Waals surface area contributed by atoms with E-state index in [4.69, 9.17) is 0 Å². The van der Waals surface area contributed by atoms with E-state index in [1.807, 2.05) is 44.2 Å². The van der Waals surface area contributed by atoms with Crippen molar-refractivity contribution >= 4 is 11.9 Å². The normalized spacial score (nSPS) is 10.1. The summed E-state index contributed by atoms with van der Waals surface area (Å²) in [5.41, 5.74) is 1.04. The third-order valence-electron chi connectivity index (χ3n) is 2.38. The van der Waals surface area contributed by atoms with Crippen LogP contribution in [-0.4, -0.2) is 24.5 Å². The van der Waals surface area contributed by atoms with E-state index in [1.54, 1.807) is 0 Å². The van der Waals surface area contributed by atoms with Crippen LogP contribution >= 0.6 is 0 Å². The molecule has 0 fully saturated rings. The maximum Gasteiger partial charge on any atom is 0.315 e. The lowest BCUT2D eigenvalue weighted by Crippen LogP contribution is -2.38. The molecule has 0 aromatic heterocycles. The summed E-state index contributed by atoms with van der Waals surface area (Å²) >= 11 is 0. The van der Waals surface area contributed by atoms with Gasteiger partial charge >= 0.3 is 6.03 Å². The van der Waals surface area contributed by atoms with Crippen LogP contribution in [-0.2, 0) is 11.3 Å². The van der Waals surface area contributed by atoms with Gasteiger partial charge in [0.25, 0.3) is 0 Å². The van der Waals surface area contributed by atoms with E-state index in [0.29, 0.717) is 13.1 Å². The van der Waals surface area contributed by atoms with Crippen molar-refractivity contribution in [3.63, 3.8) is 0 Å². The van der Waals surface area contributed by atoms with Crippen LogP contribution in [0.1, 0.15) is 25.8 Å². The van der Waals surface area contributed by atoms with Gasteiger partial charge < -0.3 is 16.0 Å². The number of hydrogen-bond donors (Lipinski definition) is 3. The summed E-state index contributed by atoms with van der Waals surface area (Å²) in [4.78, 5) is 22.8. The molecular formula is C14H21N3O2. The first-order valence-electron chi connectivity index (χ1n) is 6.43. The van der Waals surface area contributed by atoms with Gasteiger partial charge in [-0.1, -0.05) is 30.3 Å². The van der Waals surface area contributed by atoms with Gasteiger partial charge in [0.15, 0.2) is 0 Å². The van der Waals surface area contributed by atoms with E-state index >= 15 is 0 Å². The zero-order valence-corrected chi connectivity index (χ0v) is 11.4. The summed E-state index contributed by atoms with van der Waals surface area (Å²) < 4.78 is 0. The Bertz CT molecular complexity index is 404. The van der Waals surface area contributed by atoms with Gasteiger partial charge in [0.05, 0.1) is 0 Å². The number of urea groups is 1. The minimum Gasteiger partial charge on any atom is -0.354 e. The monoisotopic (exact) mass is 263 g/mol. The minimum atomic E-state index is -0.263. The zero-order chi connectivity index (χ0) is 14.1. The first-order chi connectivity index (χ1) is 9.08. The van der Waals surface area contributed by atoms with Gasteiger partial charge in [0.1, 0.15) is 0 Å². The van der Waals surface area contributed by atoms with Crippen LogP contribution in [0.3, 0.4) is 0 Å². The van der Waals surface area contributed by atoms with Gasteiger partial charge in [-0.3, -0.25) is 4.79 Å². The number of carbonyl (C=O) groups is 2. The van der Waals surface area contributed by atoms with Crippen molar-refractivity contribution in [2.24, 2.45) is 0 Å². The van der Waals surface area contributed by atoms with Crippen molar-refractivity contribution in [3.8, 4) is 0 Å². The van der Waals surface area contributed by atoms with Crippen LogP contribution in [0.25, 0.3) is 0 Å². The third kappa shape index (κ3) is 7.08. The van der Waals surface area contributed by atoms with Crippen molar-refractivity contribution < 1.29 is 9.59 Å². The summed E-state index contributed by atoms with van der Waals surface area (Å²) in [6.07, 6.45) is 0.289. The molecule has 0 aliphatic rings. The fourth-order valence-electron chi connectivity index (χ4n) is 1.52. The summed E-state index contributed by atoms with van der Waals surface area (Å²) in [5.74, 6) is -0.0571. The fourth-order valence-corrected chi connectivity index (χ4v) is 1.52. The molecular weight excluding hydrogens is 242 g/mol. The molecule has 0 atom stereocenters. The van der Waals surface area contributed by atoms with Gasteiger partial charge in [0.2, 0.25) is 5.91 Å². The molecule has 5 nitrogen and oxygen atoms in total. The number of carbonyl (C=O) groups excluding carboxylic acids is 2. The molecule has 1 rings (SSSR count). The van der Waals surface area contributed by atoms with E-state index < -0.39 is 0 Å². The van der Waals surface area contributed by atoms with E-state index in [0.717, 1.165) is 5.56 Å². The number of amides is 3. The summed E-state index contributed by atoms with van der Waals surface area (Å²) in [5, 5.41) is 8.14. The molecule has 0 spiro atoms. The highest BCUT2D eigenvalue weighted by molar-refractivity contribution is 5.78. The summed E-state index contributed by atoms with van der Waals surface area (Å²) in [6.45, 7) is 4.61. The van der Waals surface area contributed by atoms with E-state index in [9.17, 15) is 9.59 Å². The molecule has 0 aliphatic carbocycles. The number of hydrogen-bond acceptors (Lipinski definition) is 2. The second-order valence-corrected chi connectivity index (χ2v) is 4.57. The lowest BCUT2D eigenvalue weighted by Gasteiger charge is -2.09. The third-order valence-corrected chi connectivity index (χ3v) is 2.38. The number of nitrogens with one attached hydrogen (secondary N) is 3. The van der Waals surface area contributed by atoms with Gasteiger partial charge in [0, 0.05) is 25.6 Å². The van der Waals surface area contributed by atoms with Gasteiger partial charge in [-0.2, -0.15) is 0 Å². The Morgan fingerprint density at radius 2 is 1.79 bits per heavy atom. The van der Waals surface area contributed by atoms with Crippen molar-refractivity contribution in [1.29, 1.82) is 0 Å². The molecule has 0 aliphatic heterocycles. The van der Waals surface area contributed by atoms with Gasteiger partial charge in [-0.25, -0.2) is 4.79 Å². The Morgan fingerprint density at radius 1 is 1.11 bits per heavy atom. The minimum absolute atomic E-state index is 0.0571. The molecule has 104 valence electrons. The molecule has 5 heteroatoms. The van der Waals surface area contributed by atoms with Crippen LogP contribution in [0.2, 0.25) is 0 Å². The molecule has 1 aromatic rings. The van der Waals surface area contributed by atoms with Crippen LogP contribution in [0.15, 0.2) is 30.3 Å². The number of benzene rings is 1. The molecule has 19 heavy (non-hydrogen) atoms. The van der Waals surface area contributed by atoms with E-state index in [-0.39, 0.29) is 24.4 Å². The number of rotatable bonds is 6. The molecule has 3 amide bonds. The molecule has 3 N–H and O–H groups in total. The highest BCUT2D eigenvalue weighted by Gasteiger charge is 2.04. The van der Waals surface area contributed by atoms with Crippen molar-refractivity contribution in [1.82, 2.24) is 16.0 Å².